The van der Waals surface area contributed by atoms with Crippen LogP contribution in [0.3, 0.4) is 0 Å². The van der Waals surface area contributed by atoms with Gasteiger partial charge in [-0.3, -0.25) is 9.69 Å². The molecule has 5 N–H and O–H groups in total. The maximum Gasteiger partial charge on any atom is 0.338 e. The number of rotatable bonds is 10. The number of aromatic hydroxyl groups is 2. The molecular formula is C33H40N4O6. The molecule has 0 aliphatic carbocycles. The van der Waals surface area contributed by atoms with Crippen LogP contribution in [-0.2, 0) is 22.5 Å². The largest absolute Gasteiger partial charge is 0.508 e. The van der Waals surface area contributed by atoms with E-state index in [-0.39, 0.29) is 41.9 Å². The number of phenols is 2. The van der Waals surface area contributed by atoms with Crippen molar-refractivity contribution < 1.29 is 29.3 Å². The summed E-state index contributed by atoms with van der Waals surface area (Å²) in [5.74, 6) is -0.414. The van der Waals surface area contributed by atoms with Gasteiger partial charge in [0.2, 0.25) is 5.91 Å². The molecule has 0 spiro atoms. The van der Waals surface area contributed by atoms with Crippen LogP contribution >= 0.6 is 0 Å². The van der Waals surface area contributed by atoms with Gasteiger partial charge in [-0.2, -0.15) is 0 Å². The third-order valence-electron chi connectivity index (χ3n) is 6.97. The number of likely N-dealkylation sites (tertiary alicyclic amines) is 1. The summed E-state index contributed by atoms with van der Waals surface area (Å²) in [7, 11) is 0. The monoisotopic (exact) mass is 588 g/mol. The Kier molecular flexibility index (Phi) is 10.3. The van der Waals surface area contributed by atoms with E-state index < -0.39 is 18.0 Å². The summed E-state index contributed by atoms with van der Waals surface area (Å²) in [4.78, 5) is 40.9. The fraction of sp³-hybridized carbons (Fsp3) is 0.364. The maximum atomic E-state index is 13.4. The molecule has 3 aromatic rings. The van der Waals surface area contributed by atoms with Crippen LogP contribution in [0.15, 0.2) is 72.8 Å². The highest BCUT2D eigenvalue weighted by Crippen LogP contribution is 2.18. The fourth-order valence-corrected chi connectivity index (χ4v) is 4.71. The van der Waals surface area contributed by atoms with Crippen molar-refractivity contribution >= 4 is 23.6 Å². The standard InChI is InChI=1S/C33H40N4O6/c1-33(2,3)21-43-31(41)24-8-10-25(11-9-24)35-32(42)36-29(18-22-4-12-27(38)13-5-22)30(40)34-26-16-17-37(20-26)19-23-6-14-28(39)15-7-23/h4-15,26,29,38-39H,16-21H2,1-3H3,(H,34,40)(H2,35,36,42)/t26?,29-/m0/s1. The van der Waals surface area contributed by atoms with E-state index in [1.165, 1.54) is 12.1 Å². The number of anilines is 1. The lowest BCUT2D eigenvalue weighted by atomic mass is 9.99. The number of amides is 3. The average Bonchev–Trinajstić information content (AvgIpc) is 3.40. The first-order chi connectivity index (χ1) is 20.4. The summed E-state index contributed by atoms with van der Waals surface area (Å²) in [6, 6.07) is 18.4. The van der Waals surface area contributed by atoms with Gasteiger partial charge in [-0.15, -0.1) is 0 Å². The van der Waals surface area contributed by atoms with Crippen molar-refractivity contribution in [3.8, 4) is 11.5 Å². The van der Waals surface area contributed by atoms with Gasteiger partial charge in [0, 0.05) is 37.8 Å². The van der Waals surface area contributed by atoms with Crippen LogP contribution < -0.4 is 16.0 Å². The normalized spacial score (nSPS) is 15.8. The van der Waals surface area contributed by atoms with E-state index in [9.17, 15) is 24.6 Å². The molecule has 4 rings (SSSR count). The Labute approximate surface area is 252 Å². The zero-order chi connectivity index (χ0) is 31.0. The van der Waals surface area contributed by atoms with Gasteiger partial charge < -0.3 is 30.9 Å². The Bertz CT molecular complexity index is 1380. The van der Waals surface area contributed by atoms with E-state index in [2.05, 4.69) is 20.9 Å². The second-order valence-electron chi connectivity index (χ2n) is 12.1. The molecular weight excluding hydrogens is 548 g/mol. The second kappa shape index (κ2) is 14.1. The lowest BCUT2D eigenvalue weighted by Crippen LogP contribution is -2.52. The summed E-state index contributed by atoms with van der Waals surface area (Å²) >= 11 is 0. The van der Waals surface area contributed by atoms with Gasteiger partial charge in [-0.1, -0.05) is 45.0 Å². The fourth-order valence-electron chi connectivity index (χ4n) is 4.71. The van der Waals surface area contributed by atoms with Crippen molar-refractivity contribution in [2.24, 2.45) is 5.41 Å². The molecule has 1 unspecified atom stereocenters. The predicted molar refractivity (Wildman–Crippen MR) is 164 cm³/mol. The topological polar surface area (TPSA) is 140 Å². The number of nitrogens with one attached hydrogen (secondary N) is 3. The van der Waals surface area contributed by atoms with Crippen molar-refractivity contribution in [2.75, 3.05) is 25.0 Å². The van der Waals surface area contributed by atoms with E-state index in [0.717, 1.165) is 24.1 Å². The number of carbonyl (C=O) groups excluding carboxylic acids is 3. The van der Waals surface area contributed by atoms with Gasteiger partial charge in [-0.05, 0) is 71.5 Å². The molecule has 0 bridgehead atoms. The highest BCUT2D eigenvalue weighted by atomic mass is 16.5. The Morgan fingerprint density at radius 1 is 0.907 bits per heavy atom. The summed E-state index contributed by atoms with van der Waals surface area (Å²) in [6.07, 6.45) is 0.995. The van der Waals surface area contributed by atoms with Gasteiger partial charge in [0.15, 0.2) is 0 Å². The molecule has 43 heavy (non-hydrogen) atoms. The zero-order valence-corrected chi connectivity index (χ0v) is 24.8. The van der Waals surface area contributed by atoms with Crippen LogP contribution in [0, 0.1) is 5.41 Å². The molecule has 2 atom stereocenters. The molecule has 3 aromatic carbocycles. The quantitative estimate of drug-likeness (QED) is 0.221. The number of nitrogens with zero attached hydrogens (tertiary/aromatic N) is 1. The van der Waals surface area contributed by atoms with Gasteiger partial charge in [0.25, 0.3) is 0 Å². The molecule has 1 saturated heterocycles. The third kappa shape index (κ3) is 10.0. The van der Waals surface area contributed by atoms with Crippen LogP contribution in [0.2, 0.25) is 0 Å². The number of hydrogen-bond donors (Lipinski definition) is 5. The lowest BCUT2D eigenvalue weighted by molar-refractivity contribution is -0.123. The van der Waals surface area contributed by atoms with Crippen LogP contribution in [0.4, 0.5) is 10.5 Å². The number of esters is 1. The molecule has 0 radical (unpaired) electrons. The van der Waals surface area contributed by atoms with Gasteiger partial charge in [0.05, 0.1) is 12.2 Å². The van der Waals surface area contributed by atoms with Crippen molar-refractivity contribution in [3.05, 3.63) is 89.5 Å². The van der Waals surface area contributed by atoms with Crippen molar-refractivity contribution in [2.45, 2.75) is 52.2 Å². The molecule has 1 aliphatic heterocycles. The first-order valence-corrected chi connectivity index (χ1v) is 14.4. The predicted octanol–water partition coefficient (Wildman–Crippen LogP) is 4.42. The molecule has 10 heteroatoms. The first kappa shape index (κ1) is 31.4. The van der Waals surface area contributed by atoms with E-state index >= 15 is 0 Å². The summed E-state index contributed by atoms with van der Waals surface area (Å²) in [6.45, 7) is 8.39. The Morgan fingerprint density at radius 3 is 2.12 bits per heavy atom. The smallest absolute Gasteiger partial charge is 0.338 e. The average molecular weight is 589 g/mol. The maximum absolute atomic E-state index is 13.4. The van der Waals surface area contributed by atoms with Gasteiger partial charge in [-0.25, -0.2) is 9.59 Å². The van der Waals surface area contributed by atoms with Crippen molar-refractivity contribution in [1.82, 2.24) is 15.5 Å². The number of urea groups is 1. The van der Waals surface area contributed by atoms with E-state index in [4.69, 9.17) is 4.74 Å². The third-order valence-corrected chi connectivity index (χ3v) is 6.97. The minimum Gasteiger partial charge on any atom is -0.508 e. The number of ether oxygens (including phenoxy) is 1. The molecule has 0 aromatic heterocycles. The molecule has 0 saturated carbocycles. The summed E-state index contributed by atoms with van der Waals surface area (Å²) in [5.41, 5.74) is 2.52. The summed E-state index contributed by atoms with van der Waals surface area (Å²) in [5, 5.41) is 27.8. The van der Waals surface area contributed by atoms with Crippen molar-refractivity contribution in [3.63, 3.8) is 0 Å². The number of hydrogen-bond acceptors (Lipinski definition) is 7. The minimum atomic E-state index is -0.873. The Morgan fingerprint density at radius 2 is 1.51 bits per heavy atom. The molecule has 228 valence electrons. The number of phenolic OH excluding ortho intramolecular Hbond substituents is 2. The molecule has 3 amide bonds. The van der Waals surface area contributed by atoms with E-state index in [1.807, 2.05) is 32.9 Å². The SMILES string of the molecule is CC(C)(C)COC(=O)c1ccc(NC(=O)N[C@@H](Cc2ccc(O)cc2)C(=O)NC2CCN(Cc3ccc(O)cc3)C2)cc1. The van der Waals surface area contributed by atoms with Gasteiger partial charge in [0.1, 0.15) is 17.5 Å². The van der Waals surface area contributed by atoms with E-state index in [0.29, 0.717) is 24.3 Å². The second-order valence-corrected chi connectivity index (χ2v) is 12.1. The number of carbonyl (C=O) groups is 3. The Hall–Kier alpha value is -4.57. The highest BCUT2D eigenvalue weighted by molar-refractivity contribution is 5.95. The highest BCUT2D eigenvalue weighted by Gasteiger charge is 2.28. The van der Waals surface area contributed by atoms with Crippen LogP contribution in [0.1, 0.15) is 48.7 Å². The van der Waals surface area contributed by atoms with Crippen LogP contribution in [0.5, 0.6) is 11.5 Å². The van der Waals surface area contributed by atoms with Crippen LogP contribution in [-0.4, -0.2) is 64.8 Å². The molecule has 10 nitrogen and oxygen atoms in total. The molecule has 1 aliphatic rings. The number of benzene rings is 3. The van der Waals surface area contributed by atoms with Crippen molar-refractivity contribution in [1.29, 1.82) is 0 Å². The molecule has 1 fully saturated rings. The van der Waals surface area contributed by atoms with E-state index in [1.54, 1.807) is 48.5 Å². The van der Waals surface area contributed by atoms with Gasteiger partial charge >= 0.3 is 12.0 Å². The Balaban J connectivity index is 1.35. The minimum absolute atomic E-state index is 0.0811. The van der Waals surface area contributed by atoms with Crippen LogP contribution in [0.25, 0.3) is 0 Å². The molecule has 1 heterocycles. The zero-order valence-electron chi connectivity index (χ0n) is 24.8. The summed E-state index contributed by atoms with van der Waals surface area (Å²) < 4.78 is 5.34. The lowest BCUT2D eigenvalue weighted by Gasteiger charge is -2.22. The first-order valence-electron chi connectivity index (χ1n) is 14.4.